The minimum absolute atomic E-state index is 0.00652. The Kier molecular flexibility index (Phi) is 5.97. The second-order valence-electron chi connectivity index (χ2n) is 4.56. The normalized spacial score (nSPS) is 16.9. The van der Waals surface area contributed by atoms with Crippen molar-refractivity contribution in [3.63, 3.8) is 0 Å². The third-order valence-electron chi connectivity index (χ3n) is 3.02. The van der Waals surface area contributed by atoms with Gasteiger partial charge in [0.25, 0.3) is 0 Å². The summed E-state index contributed by atoms with van der Waals surface area (Å²) in [6.45, 7) is 5.99. The first kappa shape index (κ1) is 14.0. The van der Waals surface area contributed by atoms with Crippen molar-refractivity contribution in [1.82, 2.24) is 15.1 Å². The summed E-state index contributed by atoms with van der Waals surface area (Å²) in [6.07, 6.45) is 2.01. The standard InChI is InChI=1S/C12H23N3O2/c1-3-4-5-13-11(16)10-12(17)15-8-6-14(2)7-9-15/h3-10H2,1-2H3,(H,13,16). The van der Waals surface area contributed by atoms with Crippen molar-refractivity contribution >= 4 is 11.8 Å². The number of hydrogen-bond donors (Lipinski definition) is 1. The summed E-state index contributed by atoms with van der Waals surface area (Å²) in [5, 5.41) is 2.77. The highest BCUT2D eigenvalue weighted by atomic mass is 16.2. The van der Waals surface area contributed by atoms with Gasteiger partial charge in [0, 0.05) is 32.7 Å². The fourth-order valence-electron chi connectivity index (χ4n) is 1.77. The quantitative estimate of drug-likeness (QED) is 0.547. The number of nitrogens with zero attached hydrogens (tertiary/aromatic N) is 2. The van der Waals surface area contributed by atoms with Crippen LogP contribution in [0.5, 0.6) is 0 Å². The predicted octanol–water partition coefficient (Wildman–Crippen LogP) is 0.0668. The Morgan fingerprint density at radius 2 is 1.82 bits per heavy atom. The Morgan fingerprint density at radius 1 is 1.18 bits per heavy atom. The summed E-state index contributed by atoms with van der Waals surface area (Å²) in [4.78, 5) is 27.2. The number of piperazine rings is 1. The van der Waals surface area contributed by atoms with Crippen molar-refractivity contribution < 1.29 is 9.59 Å². The van der Waals surface area contributed by atoms with E-state index in [1.807, 2.05) is 7.05 Å². The van der Waals surface area contributed by atoms with Gasteiger partial charge in [-0.25, -0.2) is 0 Å². The van der Waals surface area contributed by atoms with Gasteiger partial charge < -0.3 is 15.1 Å². The van der Waals surface area contributed by atoms with Gasteiger partial charge in [-0.3, -0.25) is 9.59 Å². The lowest BCUT2D eigenvalue weighted by Gasteiger charge is -2.32. The Hall–Kier alpha value is -1.10. The molecule has 0 saturated carbocycles. The van der Waals surface area contributed by atoms with Crippen molar-refractivity contribution in [1.29, 1.82) is 0 Å². The molecule has 1 fully saturated rings. The van der Waals surface area contributed by atoms with Gasteiger partial charge in [-0.2, -0.15) is 0 Å². The zero-order chi connectivity index (χ0) is 12.7. The topological polar surface area (TPSA) is 52.7 Å². The Labute approximate surface area is 103 Å². The molecule has 17 heavy (non-hydrogen) atoms. The van der Waals surface area contributed by atoms with Crippen molar-refractivity contribution in [3.05, 3.63) is 0 Å². The van der Waals surface area contributed by atoms with E-state index < -0.39 is 0 Å². The molecule has 98 valence electrons. The SMILES string of the molecule is CCCCNC(=O)CC(=O)N1CCN(C)CC1. The number of carbonyl (C=O) groups is 2. The highest BCUT2D eigenvalue weighted by molar-refractivity contribution is 5.96. The largest absolute Gasteiger partial charge is 0.356 e. The van der Waals surface area contributed by atoms with Gasteiger partial charge in [0.1, 0.15) is 6.42 Å². The van der Waals surface area contributed by atoms with Crippen LogP contribution < -0.4 is 5.32 Å². The molecule has 1 rings (SSSR count). The minimum atomic E-state index is -0.151. The van der Waals surface area contributed by atoms with Gasteiger partial charge in [0.2, 0.25) is 11.8 Å². The lowest BCUT2D eigenvalue weighted by atomic mass is 10.2. The molecular weight excluding hydrogens is 218 g/mol. The van der Waals surface area contributed by atoms with Gasteiger partial charge in [-0.15, -0.1) is 0 Å². The van der Waals surface area contributed by atoms with E-state index in [0.29, 0.717) is 6.54 Å². The average Bonchev–Trinajstić information content (AvgIpc) is 2.30. The molecule has 1 aliphatic rings. The Bertz CT molecular complexity index is 260. The van der Waals surface area contributed by atoms with Crippen LogP contribution in [0.25, 0.3) is 0 Å². The first-order chi connectivity index (χ1) is 8.13. The maximum Gasteiger partial charge on any atom is 0.232 e. The van der Waals surface area contributed by atoms with Crippen molar-refractivity contribution in [2.45, 2.75) is 26.2 Å². The number of nitrogens with one attached hydrogen (secondary N) is 1. The molecule has 0 aromatic rings. The molecule has 0 spiro atoms. The third kappa shape index (κ3) is 5.17. The lowest BCUT2D eigenvalue weighted by Crippen LogP contribution is -2.48. The van der Waals surface area contributed by atoms with E-state index in [9.17, 15) is 9.59 Å². The summed E-state index contributed by atoms with van der Waals surface area (Å²) in [7, 11) is 2.04. The van der Waals surface area contributed by atoms with E-state index in [0.717, 1.165) is 39.0 Å². The molecule has 5 heteroatoms. The van der Waals surface area contributed by atoms with Crippen molar-refractivity contribution in [3.8, 4) is 0 Å². The number of carbonyl (C=O) groups excluding carboxylic acids is 2. The number of hydrogen-bond acceptors (Lipinski definition) is 3. The molecule has 1 saturated heterocycles. The molecule has 0 unspecified atom stereocenters. The van der Waals surface area contributed by atoms with Crippen LogP contribution in [0.2, 0.25) is 0 Å². The van der Waals surface area contributed by atoms with Gasteiger partial charge in [0.15, 0.2) is 0 Å². The first-order valence-electron chi connectivity index (χ1n) is 6.36. The molecule has 0 aliphatic carbocycles. The third-order valence-corrected chi connectivity index (χ3v) is 3.02. The van der Waals surface area contributed by atoms with E-state index in [-0.39, 0.29) is 18.2 Å². The molecule has 0 atom stereocenters. The van der Waals surface area contributed by atoms with Crippen LogP contribution in [-0.4, -0.2) is 61.4 Å². The average molecular weight is 241 g/mol. The summed E-state index contributed by atoms with van der Waals surface area (Å²) in [5.41, 5.74) is 0. The van der Waals surface area contributed by atoms with E-state index >= 15 is 0 Å². The molecule has 1 aliphatic heterocycles. The summed E-state index contributed by atoms with van der Waals surface area (Å²) in [6, 6.07) is 0. The second kappa shape index (κ2) is 7.27. The van der Waals surface area contributed by atoms with Crippen LogP contribution in [0.4, 0.5) is 0 Å². The highest BCUT2D eigenvalue weighted by Crippen LogP contribution is 2.01. The zero-order valence-corrected chi connectivity index (χ0v) is 10.9. The number of rotatable bonds is 5. The van der Waals surface area contributed by atoms with Crippen LogP contribution in [-0.2, 0) is 9.59 Å². The molecule has 0 aromatic heterocycles. The smallest absolute Gasteiger partial charge is 0.232 e. The minimum Gasteiger partial charge on any atom is -0.356 e. The number of amides is 2. The molecular formula is C12H23N3O2. The summed E-state index contributed by atoms with van der Waals surface area (Å²) < 4.78 is 0. The van der Waals surface area contributed by atoms with Gasteiger partial charge >= 0.3 is 0 Å². The van der Waals surface area contributed by atoms with E-state index in [2.05, 4.69) is 17.1 Å². The fourth-order valence-corrected chi connectivity index (χ4v) is 1.77. The summed E-state index contributed by atoms with van der Waals surface area (Å²) >= 11 is 0. The van der Waals surface area contributed by atoms with Crippen LogP contribution in [0.3, 0.4) is 0 Å². The molecule has 1 N–H and O–H groups in total. The van der Waals surface area contributed by atoms with Crippen LogP contribution in [0.15, 0.2) is 0 Å². The Balaban J connectivity index is 2.21. The highest BCUT2D eigenvalue weighted by Gasteiger charge is 2.20. The van der Waals surface area contributed by atoms with E-state index in [1.165, 1.54) is 0 Å². The fraction of sp³-hybridized carbons (Fsp3) is 0.833. The number of likely N-dealkylation sites (N-methyl/N-ethyl adjacent to an activating group) is 1. The van der Waals surface area contributed by atoms with Gasteiger partial charge in [-0.1, -0.05) is 13.3 Å². The maximum absolute atomic E-state index is 11.8. The van der Waals surface area contributed by atoms with Crippen LogP contribution in [0.1, 0.15) is 26.2 Å². The molecule has 0 radical (unpaired) electrons. The van der Waals surface area contributed by atoms with Crippen LogP contribution in [0, 0.1) is 0 Å². The first-order valence-corrected chi connectivity index (χ1v) is 6.36. The molecule has 1 heterocycles. The monoisotopic (exact) mass is 241 g/mol. The molecule has 5 nitrogen and oxygen atoms in total. The van der Waals surface area contributed by atoms with Crippen molar-refractivity contribution in [2.24, 2.45) is 0 Å². The second-order valence-corrected chi connectivity index (χ2v) is 4.56. The summed E-state index contributed by atoms with van der Waals surface area (Å²) in [5.74, 6) is -0.200. The predicted molar refractivity (Wildman–Crippen MR) is 66.6 cm³/mol. The van der Waals surface area contributed by atoms with E-state index in [4.69, 9.17) is 0 Å². The van der Waals surface area contributed by atoms with Crippen molar-refractivity contribution in [2.75, 3.05) is 39.8 Å². The lowest BCUT2D eigenvalue weighted by molar-refractivity contribution is -0.137. The Morgan fingerprint density at radius 3 is 2.41 bits per heavy atom. The van der Waals surface area contributed by atoms with Gasteiger partial charge in [-0.05, 0) is 13.5 Å². The molecule has 0 aromatic carbocycles. The van der Waals surface area contributed by atoms with Gasteiger partial charge in [0.05, 0.1) is 0 Å². The zero-order valence-electron chi connectivity index (χ0n) is 10.9. The molecule has 2 amide bonds. The van der Waals surface area contributed by atoms with E-state index in [1.54, 1.807) is 4.90 Å². The molecule has 0 bridgehead atoms. The number of unbranched alkanes of at least 4 members (excludes halogenated alkanes) is 1. The maximum atomic E-state index is 11.8. The van der Waals surface area contributed by atoms with Crippen LogP contribution >= 0.6 is 0 Å².